The summed E-state index contributed by atoms with van der Waals surface area (Å²) in [5, 5.41) is 0. The Morgan fingerprint density at radius 2 is 1.60 bits per heavy atom. The molecule has 0 fully saturated rings. The van der Waals surface area contributed by atoms with Crippen molar-refractivity contribution < 1.29 is 4.79 Å². The fourth-order valence-corrected chi connectivity index (χ4v) is 0.607. The van der Waals surface area contributed by atoms with E-state index in [4.69, 9.17) is 0 Å². The lowest BCUT2D eigenvalue weighted by Crippen LogP contribution is -1.83. The molecule has 0 rings (SSSR count). The number of hydrogen-bond acceptors (Lipinski definition) is 1. The number of carbonyl (C=O) groups is 1. The second-order valence-electron chi connectivity index (χ2n) is 2.79. The van der Waals surface area contributed by atoms with Gasteiger partial charge < -0.3 is 0 Å². The van der Waals surface area contributed by atoms with Crippen LogP contribution in [-0.2, 0) is 4.79 Å². The summed E-state index contributed by atoms with van der Waals surface area (Å²) in [6.07, 6.45) is 2.78. The van der Waals surface area contributed by atoms with Crippen LogP contribution in [0.2, 0.25) is 0 Å². The molecule has 0 aliphatic heterocycles. The third-order valence-corrected chi connectivity index (χ3v) is 1.15. The van der Waals surface area contributed by atoms with Crippen LogP contribution in [0.5, 0.6) is 0 Å². The molecule has 0 saturated heterocycles. The fraction of sp³-hybridized carbons (Fsp3) is 0.444. The number of rotatable bonds is 2. The monoisotopic (exact) mass is 138 g/mol. The van der Waals surface area contributed by atoms with E-state index in [1.165, 1.54) is 0 Å². The molecule has 1 heteroatoms. The van der Waals surface area contributed by atoms with Gasteiger partial charge in [-0.05, 0) is 27.7 Å². The third-order valence-electron chi connectivity index (χ3n) is 1.15. The molecule has 0 aliphatic carbocycles. The van der Waals surface area contributed by atoms with Crippen LogP contribution in [0.3, 0.4) is 0 Å². The summed E-state index contributed by atoms with van der Waals surface area (Å²) in [7, 11) is 0. The topological polar surface area (TPSA) is 17.1 Å². The van der Waals surface area contributed by atoms with E-state index in [9.17, 15) is 4.79 Å². The second kappa shape index (κ2) is 4.04. The minimum atomic E-state index is 0.792. The van der Waals surface area contributed by atoms with Crippen LogP contribution in [0.1, 0.15) is 27.7 Å². The van der Waals surface area contributed by atoms with E-state index in [1.807, 2.05) is 33.8 Å². The van der Waals surface area contributed by atoms with Crippen LogP contribution in [0.25, 0.3) is 0 Å². The lowest BCUT2D eigenvalue weighted by atomic mass is 10.1. The lowest BCUT2D eigenvalue weighted by molar-refractivity contribution is -0.104. The Labute approximate surface area is 62.4 Å². The molecule has 10 heavy (non-hydrogen) atoms. The molecule has 0 N–H and O–H groups in total. The molecule has 0 aromatic heterocycles. The quantitative estimate of drug-likeness (QED) is 0.325. The van der Waals surface area contributed by atoms with Crippen molar-refractivity contribution in [3.05, 3.63) is 22.8 Å². The molecule has 56 valence electrons. The molecule has 0 aromatic carbocycles. The molecule has 0 aliphatic rings. The number of aldehydes is 1. The Balaban J connectivity index is 4.56. The Kier molecular flexibility index (Phi) is 3.70. The highest BCUT2D eigenvalue weighted by molar-refractivity contribution is 5.78. The second-order valence-corrected chi connectivity index (χ2v) is 2.79. The summed E-state index contributed by atoms with van der Waals surface area (Å²) in [4.78, 5) is 10.4. The van der Waals surface area contributed by atoms with Crippen molar-refractivity contribution in [1.82, 2.24) is 0 Å². The molecule has 0 spiro atoms. The predicted octanol–water partition coefficient (Wildman–Crippen LogP) is 2.49. The maximum Gasteiger partial charge on any atom is 0.149 e. The first-order chi connectivity index (χ1) is 4.57. The van der Waals surface area contributed by atoms with Crippen molar-refractivity contribution >= 4 is 6.29 Å². The molecule has 0 radical (unpaired) electrons. The van der Waals surface area contributed by atoms with Gasteiger partial charge in [0.1, 0.15) is 6.29 Å². The van der Waals surface area contributed by atoms with Crippen LogP contribution < -0.4 is 0 Å². The van der Waals surface area contributed by atoms with Gasteiger partial charge in [0.2, 0.25) is 0 Å². The smallest absolute Gasteiger partial charge is 0.149 e. The van der Waals surface area contributed by atoms with E-state index in [1.54, 1.807) is 0 Å². The van der Waals surface area contributed by atoms with Gasteiger partial charge in [-0.15, -0.1) is 0 Å². The van der Waals surface area contributed by atoms with E-state index in [0.717, 1.165) is 23.0 Å². The first-order valence-corrected chi connectivity index (χ1v) is 3.35. The maximum absolute atomic E-state index is 10.4. The van der Waals surface area contributed by atoms with Gasteiger partial charge in [0, 0.05) is 5.57 Å². The van der Waals surface area contributed by atoms with Crippen molar-refractivity contribution in [2.45, 2.75) is 27.7 Å². The van der Waals surface area contributed by atoms with Crippen LogP contribution in [0.15, 0.2) is 22.8 Å². The first-order valence-electron chi connectivity index (χ1n) is 3.35. The van der Waals surface area contributed by atoms with Gasteiger partial charge in [0.05, 0.1) is 0 Å². The molecule has 0 amide bonds. The highest BCUT2D eigenvalue weighted by atomic mass is 16.1. The van der Waals surface area contributed by atoms with Crippen LogP contribution in [-0.4, -0.2) is 6.29 Å². The summed E-state index contributed by atoms with van der Waals surface area (Å²) in [6.45, 7) is 7.82. The normalized spacial score (nSPS) is 8.40. The van der Waals surface area contributed by atoms with Crippen molar-refractivity contribution in [1.29, 1.82) is 0 Å². The van der Waals surface area contributed by atoms with Gasteiger partial charge in [-0.3, -0.25) is 4.79 Å². The van der Waals surface area contributed by atoms with E-state index >= 15 is 0 Å². The minimum Gasteiger partial charge on any atom is -0.298 e. The first kappa shape index (κ1) is 9.15. The van der Waals surface area contributed by atoms with Gasteiger partial charge in [0.25, 0.3) is 0 Å². The molecular weight excluding hydrogens is 124 g/mol. The Morgan fingerprint density at radius 1 is 1.10 bits per heavy atom. The Hall–Kier alpha value is -0.850. The molecule has 1 nitrogen and oxygen atoms in total. The third kappa shape index (κ3) is 3.23. The van der Waals surface area contributed by atoms with Gasteiger partial charge in [-0.1, -0.05) is 17.2 Å². The largest absolute Gasteiger partial charge is 0.298 e. The van der Waals surface area contributed by atoms with Gasteiger partial charge in [0.15, 0.2) is 0 Å². The molecule has 0 saturated carbocycles. The zero-order chi connectivity index (χ0) is 8.15. The van der Waals surface area contributed by atoms with E-state index in [2.05, 4.69) is 0 Å². The molecule has 0 atom stereocenters. The highest BCUT2D eigenvalue weighted by Gasteiger charge is 1.91. The van der Waals surface area contributed by atoms with Crippen molar-refractivity contribution in [2.24, 2.45) is 0 Å². The zero-order valence-electron chi connectivity index (χ0n) is 7.06. The Bertz CT molecular complexity index is 177. The molecule has 0 aromatic rings. The van der Waals surface area contributed by atoms with Gasteiger partial charge in [-0.2, -0.15) is 0 Å². The van der Waals surface area contributed by atoms with Gasteiger partial charge >= 0.3 is 0 Å². The zero-order valence-corrected chi connectivity index (χ0v) is 7.06. The van der Waals surface area contributed by atoms with E-state index in [-0.39, 0.29) is 0 Å². The van der Waals surface area contributed by atoms with Crippen LogP contribution in [0.4, 0.5) is 0 Å². The van der Waals surface area contributed by atoms with Crippen molar-refractivity contribution in [2.75, 3.05) is 0 Å². The lowest BCUT2D eigenvalue weighted by Gasteiger charge is -1.94. The fourth-order valence-electron chi connectivity index (χ4n) is 0.607. The summed E-state index contributed by atoms with van der Waals surface area (Å²) in [6, 6.07) is 0. The summed E-state index contributed by atoms with van der Waals surface area (Å²) in [5.41, 5.74) is 3.01. The molecule has 0 bridgehead atoms. The Morgan fingerprint density at radius 3 is 1.70 bits per heavy atom. The molecular formula is C9H14O. The standard InChI is InChI=1S/C9H14O/c1-7(2)5-9(6-10)8(3)4/h5-6H,1-4H3. The molecule has 0 unspecified atom stereocenters. The number of carbonyl (C=O) groups excluding carboxylic acids is 1. The van der Waals surface area contributed by atoms with Gasteiger partial charge in [-0.25, -0.2) is 0 Å². The van der Waals surface area contributed by atoms with E-state index in [0.29, 0.717) is 0 Å². The van der Waals surface area contributed by atoms with Crippen LogP contribution >= 0.6 is 0 Å². The van der Waals surface area contributed by atoms with Crippen molar-refractivity contribution in [3.8, 4) is 0 Å². The van der Waals surface area contributed by atoms with Crippen LogP contribution in [0, 0.1) is 0 Å². The van der Waals surface area contributed by atoms with E-state index < -0.39 is 0 Å². The summed E-state index contributed by atoms with van der Waals surface area (Å²) in [5.74, 6) is 0. The summed E-state index contributed by atoms with van der Waals surface area (Å²) >= 11 is 0. The average Bonchev–Trinajstić information content (AvgIpc) is 1.81. The number of hydrogen-bond donors (Lipinski definition) is 0. The maximum atomic E-state index is 10.4. The predicted molar refractivity (Wildman–Crippen MR) is 43.9 cm³/mol. The number of allylic oxidation sites excluding steroid dienone is 4. The van der Waals surface area contributed by atoms with Crippen molar-refractivity contribution in [3.63, 3.8) is 0 Å². The highest BCUT2D eigenvalue weighted by Crippen LogP contribution is 2.04. The SMILES string of the molecule is CC(C)=CC(C=O)=C(C)C. The average molecular weight is 138 g/mol. The minimum absolute atomic E-state index is 0.792. The summed E-state index contributed by atoms with van der Waals surface area (Å²) < 4.78 is 0. The molecule has 0 heterocycles.